The summed E-state index contributed by atoms with van der Waals surface area (Å²) in [6.07, 6.45) is -1.75. The fraction of sp³-hybridized carbons (Fsp3) is 0.594. The van der Waals surface area contributed by atoms with Crippen LogP contribution in [0.1, 0.15) is 57.1 Å². The molecule has 0 bridgehead atoms. The molecule has 0 radical (unpaired) electrons. The average Bonchev–Trinajstić information content (AvgIpc) is 3.60. The number of amides is 1. The molecule has 1 saturated carbocycles. The molecular formula is C32H41F3N2O5S. The topological polar surface area (TPSA) is 76.2 Å². The molecule has 7 nitrogen and oxygen atoms in total. The van der Waals surface area contributed by atoms with Crippen LogP contribution in [0.3, 0.4) is 0 Å². The molecule has 3 aliphatic rings. The lowest BCUT2D eigenvalue weighted by atomic mass is 9.80. The molecule has 1 amide bonds. The number of alkyl halides is 3. The Morgan fingerprint density at radius 2 is 1.72 bits per heavy atom. The highest BCUT2D eigenvalue weighted by molar-refractivity contribution is 7.91. The Morgan fingerprint density at radius 3 is 2.37 bits per heavy atom. The summed E-state index contributed by atoms with van der Waals surface area (Å²) in [4.78, 5) is 18.4. The van der Waals surface area contributed by atoms with Crippen LogP contribution in [0.2, 0.25) is 0 Å². The van der Waals surface area contributed by atoms with Crippen LogP contribution in [-0.4, -0.2) is 74.8 Å². The maximum Gasteiger partial charge on any atom is 0.416 e. The van der Waals surface area contributed by atoms with E-state index in [1.54, 1.807) is 36.4 Å². The van der Waals surface area contributed by atoms with Crippen LogP contribution in [0.15, 0.2) is 59.5 Å². The van der Waals surface area contributed by atoms with E-state index in [1.807, 2.05) is 4.90 Å². The molecule has 5 rings (SSSR count). The maximum atomic E-state index is 14.0. The van der Waals surface area contributed by atoms with Crippen molar-refractivity contribution in [3.8, 4) is 0 Å². The standard InChI is InChI=1S/C32H41F3N2O5S/c1-22(2)36(3)27-12-13-29(24(18-27)21-43(39,40)28-10-5-4-6-11-28)37-15-14-23(30(37)38)20-31(41-16-17-42-31)25-8-7-9-26(19-25)32(33,34)35/h4-11,19,22-24,27,29H,12-18,20-21H2,1-3H3. The summed E-state index contributed by atoms with van der Waals surface area (Å²) in [7, 11) is -1.53. The van der Waals surface area contributed by atoms with Crippen molar-refractivity contribution in [2.75, 3.05) is 32.6 Å². The predicted octanol–water partition coefficient (Wildman–Crippen LogP) is 5.50. The molecule has 11 heteroatoms. The molecule has 0 aromatic heterocycles. The second-order valence-electron chi connectivity index (χ2n) is 12.4. The van der Waals surface area contributed by atoms with Crippen LogP contribution in [0.25, 0.3) is 0 Å². The average molecular weight is 623 g/mol. The first kappa shape index (κ1) is 31.9. The molecule has 43 heavy (non-hydrogen) atoms. The Labute approximate surface area is 252 Å². The summed E-state index contributed by atoms with van der Waals surface area (Å²) in [6.45, 7) is 5.12. The van der Waals surface area contributed by atoms with Gasteiger partial charge < -0.3 is 19.3 Å². The van der Waals surface area contributed by atoms with Crippen molar-refractivity contribution in [3.63, 3.8) is 0 Å². The normalized spacial score (nSPS) is 26.5. The van der Waals surface area contributed by atoms with E-state index < -0.39 is 33.3 Å². The van der Waals surface area contributed by atoms with Crippen molar-refractivity contribution >= 4 is 15.7 Å². The van der Waals surface area contributed by atoms with Gasteiger partial charge in [-0.05, 0) is 76.8 Å². The number of hydrogen-bond acceptors (Lipinski definition) is 6. The number of ether oxygens (including phenoxy) is 2. The summed E-state index contributed by atoms with van der Waals surface area (Å²) in [6, 6.07) is 13.6. The molecule has 4 unspecified atom stereocenters. The Balaban J connectivity index is 1.37. The Bertz CT molecular complexity index is 1380. The third-order valence-electron chi connectivity index (χ3n) is 9.49. The predicted molar refractivity (Wildman–Crippen MR) is 156 cm³/mol. The van der Waals surface area contributed by atoms with E-state index in [4.69, 9.17) is 9.47 Å². The van der Waals surface area contributed by atoms with Gasteiger partial charge in [-0.25, -0.2) is 8.42 Å². The number of carbonyl (C=O) groups excluding carboxylic acids is 1. The number of rotatable bonds is 9. The Hall–Kier alpha value is -2.47. The molecule has 2 saturated heterocycles. The molecule has 2 aromatic carbocycles. The van der Waals surface area contributed by atoms with Crippen LogP contribution in [0.5, 0.6) is 0 Å². The molecule has 1 aliphatic carbocycles. The minimum atomic E-state index is -4.52. The third kappa shape index (κ3) is 6.79. The lowest BCUT2D eigenvalue weighted by molar-refractivity contribution is -0.182. The van der Waals surface area contributed by atoms with E-state index in [0.717, 1.165) is 18.6 Å². The monoisotopic (exact) mass is 622 g/mol. The lowest BCUT2D eigenvalue weighted by Gasteiger charge is -2.44. The van der Waals surface area contributed by atoms with Crippen LogP contribution >= 0.6 is 0 Å². The van der Waals surface area contributed by atoms with Gasteiger partial charge in [0.05, 0.1) is 29.4 Å². The van der Waals surface area contributed by atoms with Gasteiger partial charge in [0.15, 0.2) is 15.6 Å². The second-order valence-corrected chi connectivity index (χ2v) is 14.4. The number of halogens is 3. The van der Waals surface area contributed by atoms with Gasteiger partial charge in [-0.3, -0.25) is 4.79 Å². The minimum absolute atomic E-state index is 0.0566. The van der Waals surface area contributed by atoms with Gasteiger partial charge in [-0.1, -0.05) is 30.3 Å². The van der Waals surface area contributed by atoms with Crippen molar-refractivity contribution in [1.29, 1.82) is 0 Å². The van der Waals surface area contributed by atoms with Gasteiger partial charge in [0, 0.05) is 42.6 Å². The van der Waals surface area contributed by atoms with E-state index >= 15 is 0 Å². The van der Waals surface area contributed by atoms with Crippen molar-refractivity contribution in [2.45, 2.75) is 80.9 Å². The van der Waals surface area contributed by atoms with Crippen molar-refractivity contribution in [3.05, 3.63) is 65.7 Å². The molecule has 0 spiro atoms. The lowest BCUT2D eigenvalue weighted by Crippen LogP contribution is -2.52. The highest BCUT2D eigenvalue weighted by atomic mass is 32.2. The smallest absolute Gasteiger partial charge is 0.343 e. The first-order valence-corrected chi connectivity index (χ1v) is 16.7. The van der Waals surface area contributed by atoms with Crippen molar-refractivity contribution in [2.24, 2.45) is 11.8 Å². The van der Waals surface area contributed by atoms with Crippen LogP contribution in [0, 0.1) is 11.8 Å². The molecule has 236 valence electrons. The van der Waals surface area contributed by atoms with E-state index in [2.05, 4.69) is 25.8 Å². The van der Waals surface area contributed by atoms with Gasteiger partial charge >= 0.3 is 6.18 Å². The molecule has 2 aromatic rings. The summed E-state index contributed by atoms with van der Waals surface area (Å²) >= 11 is 0. The summed E-state index contributed by atoms with van der Waals surface area (Å²) in [5.74, 6) is -2.39. The molecule has 2 heterocycles. The van der Waals surface area contributed by atoms with Gasteiger partial charge in [0.1, 0.15) is 0 Å². The molecule has 4 atom stereocenters. The van der Waals surface area contributed by atoms with E-state index in [9.17, 15) is 26.4 Å². The molecule has 3 fully saturated rings. The maximum absolute atomic E-state index is 14.0. The molecular weight excluding hydrogens is 581 g/mol. The number of nitrogens with zero attached hydrogens (tertiary/aromatic N) is 2. The fourth-order valence-electron chi connectivity index (χ4n) is 7.01. The van der Waals surface area contributed by atoms with Crippen LogP contribution in [0.4, 0.5) is 13.2 Å². The third-order valence-corrected chi connectivity index (χ3v) is 11.3. The van der Waals surface area contributed by atoms with E-state index in [-0.39, 0.29) is 59.8 Å². The molecule has 0 N–H and O–H groups in total. The van der Waals surface area contributed by atoms with Gasteiger partial charge in [0.2, 0.25) is 5.91 Å². The number of hydrogen-bond donors (Lipinski definition) is 0. The number of likely N-dealkylation sites (tertiary alicyclic amines) is 1. The number of carbonyl (C=O) groups is 1. The molecule has 2 aliphatic heterocycles. The van der Waals surface area contributed by atoms with Crippen LogP contribution < -0.4 is 0 Å². The Morgan fingerprint density at radius 1 is 1.02 bits per heavy atom. The summed E-state index contributed by atoms with van der Waals surface area (Å²) in [5.41, 5.74) is -0.552. The second kappa shape index (κ2) is 12.5. The largest absolute Gasteiger partial charge is 0.416 e. The van der Waals surface area contributed by atoms with E-state index in [0.29, 0.717) is 31.8 Å². The van der Waals surface area contributed by atoms with Crippen LogP contribution in [-0.2, 0) is 36.1 Å². The number of sulfone groups is 1. The minimum Gasteiger partial charge on any atom is -0.343 e. The number of benzene rings is 2. The SMILES string of the molecule is CC(C)N(C)C1CCC(N2CCC(CC3(c4cccc(C(F)(F)F)c4)OCCO3)C2=O)C(CS(=O)(=O)c2ccccc2)C1. The summed E-state index contributed by atoms with van der Waals surface area (Å²) < 4.78 is 79.4. The van der Waals surface area contributed by atoms with Gasteiger partial charge in [-0.2, -0.15) is 13.2 Å². The zero-order chi connectivity index (χ0) is 31.0. The highest BCUT2D eigenvalue weighted by Crippen LogP contribution is 2.44. The van der Waals surface area contributed by atoms with E-state index in [1.165, 1.54) is 6.07 Å². The quantitative estimate of drug-likeness (QED) is 0.368. The Kier molecular flexibility index (Phi) is 9.28. The zero-order valence-electron chi connectivity index (χ0n) is 24.9. The fourth-order valence-corrected chi connectivity index (χ4v) is 8.69. The zero-order valence-corrected chi connectivity index (χ0v) is 25.7. The first-order valence-electron chi connectivity index (χ1n) is 15.1. The first-order chi connectivity index (χ1) is 20.3. The van der Waals surface area contributed by atoms with Gasteiger partial charge in [0.25, 0.3) is 0 Å². The van der Waals surface area contributed by atoms with Crippen molar-refractivity contribution in [1.82, 2.24) is 9.80 Å². The van der Waals surface area contributed by atoms with Crippen molar-refractivity contribution < 1.29 is 35.9 Å². The highest BCUT2D eigenvalue weighted by Gasteiger charge is 2.49. The summed E-state index contributed by atoms with van der Waals surface area (Å²) in [5, 5.41) is 0. The van der Waals surface area contributed by atoms with Gasteiger partial charge in [-0.15, -0.1) is 0 Å².